The van der Waals surface area contributed by atoms with Crippen molar-refractivity contribution in [1.29, 1.82) is 0 Å². The van der Waals surface area contributed by atoms with Crippen LogP contribution >= 0.6 is 0 Å². The van der Waals surface area contributed by atoms with Crippen molar-refractivity contribution in [3.8, 4) is 0 Å². The van der Waals surface area contributed by atoms with Crippen molar-refractivity contribution in [1.82, 2.24) is 9.88 Å². The number of aromatic amines is 1. The fraction of sp³-hybridized carbons (Fsp3) is 0.417. The van der Waals surface area contributed by atoms with Gasteiger partial charge in [0.1, 0.15) is 5.76 Å². The van der Waals surface area contributed by atoms with E-state index in [1.807, 2.05) is 32.2 Å². The SMILES string of the molecule is CCN(CC)C(=O)Cc1cc2[nH]ccc2o1. The summed E-state index contributed by atoms with van der Waals surface area (Å²) in [6.07, 6.45) is 2.16. The van der Waals surface area contributed by atoms with Crippen LogP contribution in [0, 0.1) is 0 Å². The molecule has 2 heterocycles. The molecule has 0 saturated heterocycles. The standard InChI is InChI=1S/C12H16N2O2/c1-3-14(4-2)12(15)8-9-7-10-11(16-9)5-6-13-10/h5-7,13H,3-4,8H2,1-2H3. The number of amides is 1. The van der Waals surface area contributed by atoms with Crippen LogP contribution in [-0.4, -0.2) is 28.9 Å². The Morgan fingerprint density at radius 3 is 2.81 bits per heavy atom. The van der Waals surface area contributed by atoms with Crippen molar-refractivity contribution in [2.24, 2.45) is 0 Å². The average molecular weight is 220 g/mol. The molecule has 0 atom stereocenters. The van der Waals surface area contributed by atoms with Crippen LogP contribution in [0.25, 0.3) is 11.1 Å². The van der Waals surface area contributed by atoms with Gasteiger partial charge in [-0.25, -0.2) is 0 Å². The van der Waals surface area contributed by atoms with Crippen LogP contribution in [-0.2, 0) is 11.2 Å². The second-order valence-corrected chi connectivity index (χ2v) is 3.71. The lowest BCUT2D eigenvalue weighted by Crippen LogP contribution is -2.31. The molecule has 0 unspecified atom stereocenters. The zero-order valence-corrected chi connectivity index (χ0v) is 9.62. The lowest BCUT2D eigenvalue weighted by atomic mass is 10.3. The molecule has 4 heteroatoms. The monoisotopic (exact) mass is 220 g/mol. The Hall–Kier alpha value is -1.71. The minimum atomic E-state index is 0.112. The smallest absolute Gasteiger partial charge is 0.230 e. The van der Waals surface area contributed by atoms with E-state index in [9.17, 15) is 4.79 Å². The molecule has 0 aliphatic rings. The lowest BCUT2D eigenvalue weighted by Gasteiger charge is -2.17. The van der Waals surface area contributed by atoms with E-state index in [4.69, 9.17) is 4.42 Å². The number of carbonyl (C=O) groups is 1. The Kier molecular flexibility index (Phi) is 2.99. The number of likely N-dealkylation sites (N-methyl/N-ethyl adjacent to an activating group) is 1. The van der Waals surface area contributed by atoms with Gasteiger partial charge in [-0.3, -0.25) is 4.79 Å². The molecular weight excluding hydrogens is 204 g/mol. The van der Waals surface area contributed by atoms with Gasteiger partial charge < -0.3 is 14.3 Å². The van der Waals surface area contributed by atoms with E-state index in [2.05, 4.69) is 4.98 Å². The summed E-state index contributed by atoms with van der Waals surface area (Å²) in [5.41, 5.74) is 1.75. The van der Waals surface area contributed by atoms with E-state index in [0.29, 0.717) is 6.42 Å². The molecule has 1 N–H and O–H groups in total. The van der Waals surface area contributed by atoms with Gasteiger partial charge >= 0.3 is 0 Å². The molecule has 16 heavy (non-hydrogen) atoms. The Labute approximate surface area is 94.2 Å². The Balaban J connectivity index is 2.09. The number of nitrogens with one attached hydrogen (secondary N) is 1. The number of fused-ring (bicyclic) bond motifs is 1. The molecular formula is C12H16N2O2. The van der Waals surface area contributed by atoms with Gasteiger partial charge in [-0.05, 0) is 19.9 Å². The fourth-order valence-electron chi connectivity index (χ4n) is 1.83. The number of hydrogen-bond donors (Lipinski definition) is 1. The third kappa shape index (κ3) is 1.96. The van der Waals surface area contributed by atoms with Crippen molar-refractivity contribution in [3.63, 3.8) is 0 Å². The number of carbonyl (C=O) groups excluding carboxylic acids is 1. The summed E-state index contributed by atoms with van der Waals surface area (Å²) in [6.45, 7) is 5.45. The van der Waals surface area contributed by atoms with Crippen LogP contribution in [0.2, 0.25) is 0 Å². The maximum absolute atomic E-state index is 11.8. The highest BCUT2D eigenvalue weighted by Gasteiger charge is 2.13. The summed E-state index contributed by atoms with van der Waals surface area (Å²) < 4.78 is 5.54. The molecule has 0 aromatic carbocycles. The highest BCUT2D eigenvalue weighted by atomic mass is 16.3. The van der Waals surface area contributed by atoms with Gasteiger partial charge in [0.15, 0.2) is 5.58 Å². The van der Waals surface area contributed by atoms with Gasteiger partial charge in [0.25, 0.3) is 0 Å². The van der Waals surface area contributed by atoms with Crippen LogP contribution in [0.4, 0.5) is 0 Å². The van der Waals surface area contributed by atoms with Crippen LogP contribution in [0.1, 0.15) is 19.6 Å². The summed E-state index contributed by atoms with van der Waals surface area (Å²) in [6, 6.07) is 3.75. The second-order valence-electron chi connectivity index (χ2n) is 3.71. The first kappa shape index (κ1) is 10.8. The topological polar surface area (TPSA) is 49.2 Å². The highest BCUT2D eigenvalue weighted by Crippen LogP contribution is 2.18. The molecule has 0 saturated carbocycles. The van der Waals surface area contributed by atoms with Crippen LogP contribution in [0.5, 0.6) is 0 Å². The summed E-state index contributed by atoms with van der Waals surface area (Å²) in [4.78, 5) is 16.7. The Morgan fingerprint density at radius 1 is 1.44 bits per heavy atom. The molecule has 0 bridgehead atoms. The van der Waals surface area contributed by atoms with Gasteiger partial charge in [-0.15, -0.1) is 0 Å². The highest BCUT2D eigenvalue weighted by molar-refractivity contribution is 5.80. The third-order valence-corrected chi connectivity index (χ3v) is 2.73. The molecule has 1 amide bonds. The zero-order valence-electron chi connectivity index (χ0n) is 9.62. The lowest BCUT2D eigenvalue weighted by molar-refractivity contribution is -0.130. The van der Waals surface area contributed by atoms with Gasteiger partial charge in [0.05, 0.1) is 11.9 Å². The molecule has 2 aromatic rings. The molecule has 0 aliphatic carbocycles. The van der Waals surface area contributed by atoms with Gasteiger partial charge in [-0.2, -0.15) is 0 Å². The van der Waals surface area contributed by atoms with E-state index in [-0.39, 0.29) is 5.91 Å². The van der Waals surface area contributed by atoms with Crippen molar-refractivity contribution in [2.75, 3.05) is 13.1 Å². The zero-order chi connectivity index (χ0) is 11.5. The second kappa shape index (κ2) is 4.43. The summed E-state index contributed by atoms with van der Waals surface area (Å²) in [7, 11) is 0. The van der Waals surface area contributed by atoms with Crippen molar-refractivity contribution in [2.45, 2.75) is 20.3 Å². The van der Waals surface area contributed by atoms with Crippen molar-refractivity contribution in [3.05, 3.63) is 24.1 Å². The minimum Gasteiger partial charge on any atom is -0.459 e. The maximum Gasteiger partial charge on any atom is 0.230 e. The molecule has 2 aromatic heterocycles. The predicted octanol–water partition coefficient (Wildman–Crippen LogP) is 2.17. The Morgan fingerprint density at radius 2 is 2.19 bits per heavy atom. The van der Waals surface area contributed by atoms with E-state index in [1.54, 1.807) is 4.90 Å². The number of furan rings is 1. The van der Waals surface area contributed by atoms with E-state index < -0.39 is 0 Å². The van der Waals surface area contributed by atoms with Crippen molar-refractivity contribution < 1.29 is 9.21 Å². The third-order valence-electron chi connectivity index (χ3n) is 2.73. The van der Waals surface area contributed by atoms with Gasteiger partial charge in [0.2, 0.25) is 5.91 Å². The molecule has 0 aliphatic heterocycles. The van der Waals surface area contributed by atoms with Gasteiger partial charge in [0, 0.05) is 25.4 Å². The summed E-state index contributed by atoms with van der Waals surface area (Å²) >= 11 is 0. The molecule has 4 nitrogen and oxygen atoms in total. The molecule has 2 rings (SSSR count). The van der Waals surface area contributed by atoms with Crippen LogP contribution in [0.3, 0.4) is 0 Å². The predicted molar refractivity (Wildman–Crippen MR) is 62.2 cm³/mol. The minimum absolute atomic E-state index is 0.112. The van der Waals surface area contributed by atoms with E-state index in [0.717, 1.165) is 29.9 Å². The number of rotatable bonds is 4. The quantitative estimate of drug-likeness (QED) is 0.858. The molecule has 0 spiro atoms. The van der Waals surface area contributed by atoms with Crippen LogP contribution in [0.15, 0.2) is 22.7 Å². The van der Waals surface area contributed by atoms with Crippen molar-refractivity contribution >= 4 is 17.0 Å². The first-order valence-corrected chi connectivity index (χ1v) is 5.58. The first-order chi connectivity index (χ1) is 7.74. The summed E-state index contributed by atoms with van der Waals surface area (Å²) in [5, 5.41) is 0. The van der Waals surface area contributed by atoms with Gasteiger partial charge in [-0.1, -0.05) is 0 Å². The molecule has 0 radical (unpaired) electrons. The Bertz CT molecular complexity index is 451. The number of aromatic nitrogens is 1. The normalized spacial score (nSPS) is 10.9. The number of H-pyrrole nitrogens is 1. The maximum atomic E-state index is 11.8. The number of hydrogen-bond acceptors (Lipinski definition) is 2. The van der Waals surface area contributed by atoms with E-state index >= 15 is 0 Å². The van der Waals surface area contributed by atoms with Crippen LogP contribution < -0.4 is 0 Å². The summed E-state index contributed by atoms with van der Waals surface area (Å²) in [5.74, 6) is 0.833. The fourth-order valence-corrected chi connectivity index (χ4v) is 1.83. The molecule has 0 fully saturated rings. The average Bonchev–Trinajstić information content (AvgIpc) is 2.79. The largest absolute Gasteiger partial charge is 0.459 e. The number of nitrogens with zero attached hydrogens (tertiary/aromatic N) is 1. The first-order valence-electron chi connectivity index (χ1n) is 5.58. The van der Waals surface area contributed by atoms with E-state index in [1.165, 1.54) is 0 Å². The molecule has 86 valence electrons.